The van der Waals surface area contributed by atoms with E-state index in [9.17, 15) is 14.7 Å². The number of ketones is 1. The van der Waals surface area contributed by atoms with E-state index in [4.69, 9.17) is 9.84 Å². The first-order valence-electron chi connectivity index (χ1n) is 7.25. The van der Waals surface area contributed by atoms with Crippen LogP contribution >= 0.6 is 0 Å². The summed E-state index contributed by atoms with van der Waals surface area (Å²) in [5, 5.41) is 18.7. The van der Waals surface area contributed by atoms with Crippen molar-refractivity contribution in [2.75, 3.05) is 0 Å². The minimum Gasteiger partial charge on any atom is -0.508 e. The number of aliphatic carboxylic acids is 1. The summed E-state index contributed by atoms with van der Waals surface area (Å²) in [5.41, 5.74) is 0.624. The van der Waals surface area contributed by atoms with Gasteiger partial charge < -0.3 is 14.9 Å². The Kier molecular flexibility index (Phi) is 4.83. The Morgan fingerprint density at radius 3 is 2.81 bits per heavy atom. The second kappa shape index (κ2) is 6.61. The van der Waals surface area contributed by atoms with Crippen molar-refractivity contribution in [3.05, 3.63) is 23.3 Å². The summed E-state index contributed by atoms with van der Waals surface area (Å²) in [6, 6.07) is 2.74. The molecule has 2 N–H and O–H groups in total. The molecule has 1 atom stereocenters. The van der Waals surface area contributed by atoms with Crippen LogP contribution < -0.4 is 4.74 Å². The smallest absolute Gasteiger partial charge is 0.307 e. The molecule has 0 aliphatic carbocycles. The van der Waals surface area contributed by atoms with E-state index in [1.807, 2.05) is 6.92 Å². The van der Waals surface area contributed by atoms with Gasteiger partial charge in [0.05, 0.1) is 18.1 Å². The number of fused-ring (bicyclic) bond motifs is 1. The third-order valence-corrected chi connectivity index (χ3v) is 3.63. The Morgan fingerprint density at radius 2 is 2.10 bits per heavy atom. The van der Waals surface area contributed by atoms with Gasteiger partial charge in [-0.3, -0.25) is 9.59 Å². The average molecular weight is 292 g/mol. The van der Waals surface area contributed by atoms with Gasteiger partial charge in [-0.15, -0.1) is 0 Å². The number of ether oxygens (including phenoxy) is 1. The van der Waals surface area contributed by atoms with Gasteiger partial charge >= 0.3 is 5.97 Å². The number of phenolic OH excluding ortho intramolecular Hbond substituents is 1. The maximum Gasteiger partial charge on any atom is 0.307 e. The quantitative estimate of drug-likeness (QED) is 0.875. The van der Waals surface area contributed by atoms with Crippen molar-refractivity contribution < 1.29 is 24.5 Å². The van der Waals surface area contributed by atoms with Gasteiger partial charge in [0.2, 0.25) is 0 Å². The Labute approximate surface area is 123 Å². The standard InChI is InChI=1S/C16H20O5/c1-10-5-3-2-4-6-13(18)16-11(8-15(19)20)7-12(17)9-14(16)21-10/h7,9-10,17H,2-6,8H2,1H3,(H,19,20). The Balaban J connectivity index is 2.49. The zero-order valence-corrected chi connectivity index (χ0v) is 12.1. The topological polar surface area (TPSA) is 83.8 Å². The van der Waals surface area contributed by atoms with Gasteiger partial charge in [-0.05, 0) is 37.8 Å². The lowest BCUT2D eigenvalue weighted by molar-refractivity contribution is -0.136. The van der Waals surface area contributed by atoms with E-state index in [0.717, 1.165) is 25.7 Å². The van der Waals surface area contributed by atoms with Crippen LogP contribution in [0, 0.1) is 0 Å². The fraction of sp³-hybridized carbons (Fsp3) is 0.500. The Bertz CT molecular complexity index is 550. The van der Waals surface area contributed by atoms with E-state index in [-0.39, 0.29) is 24.1 Å². The number of carboxylic acid groups (broad SMARTS) is 1. The molecule has 0 aromatic heterocycles. The summed E-state index contributed by atoms with van der Waals surface area (Å²) in [6.07, 6.45) is 3.61. The third-order valence-electron chi connectivity index (χ3n) is 3.63. The molecule has 0 amide bonds. The Hall–Kier alpha value is -2.04. The molecular formula is C16H20O5. The van der Waals surface area contributed by atoms with Gasteiger partial charge in [0.1, 0.15) is 11.5 Å². The molecule has 114 valence electrons. The normalized spacial score (nSPS) is 19.5. The van der Waals surface area contributed by atoms with Crippen LogP contribution in [0.25, 0.3) is 0 Å². The van der Waals surface area contributed by atoms with E-state index in [1.165, 1.54) is 12.1 Å². The number of phenols is 1. The highest BCUT2D eigenvalue weighted by atomic mass is 16.5. The predicted octanol–water partition coefficient (Wildman–Crippen LogP) is 2.93. The lowest BCUT2D eigenvalue weighted by Gasteiger charge is -2.21. The van der Waals surface area contributed by atoms with Crippen LogP contribution in [0.4, 0.5) is 0 Å². The molecule has 2 rings (SSSR count). The SMILES string of the molecule is CC1CCCCCC(=O)c2c(CC(=O)O)cc(O)cc2O1. The highest BCUT2D eigenvalue weighted by Gasteiger charge is 2.22. The van der Waals surface area contributed by atoms with Gasteiger partial charge in [-0.1, -0.05) is 6.42 Å². The monoisotopic (exact) mass is 292 g/mol. The van der Waals surface area contributed by atoms with Crippen LogP contribution in [0.2, 0.25) is 0 Å². The lowest BCUT2D eigenvalue weighted by Crippen LogP contribution is -2.17. The van der Waals surface area contributed by atoms with Crippen LogP contribution in [0.15, 0.2) is 12.1 Å². The van der Waals surface area contributed by atoms with Crippen molar-refractivity contribution in [1.82, 2.24) is 0 Å². The molecule has 0 fully saturated rings. The van der Waals surface area contributed by atoms with Crippen molar-refractivity contribution in [2.24, 2.45) is 0 Å². The third kappa shape index (κ3) is 3.97. The molecule has 1 aromatic rings. The highest BCUT2D eigenvalue weighted by Crippen LogP contribution is 2.32. The molecule has 0 bridgehead atoms. The van der Waals surface area contributed by atoms with Crippen LogP contribution in [-0.4, -0.2) is 28.1 Å². The fourth-order valence-electron chi connectivity index (χ4n) is 2.66. The molecule has 0 spiro atoms. The predicted molar refractivity (Wildman–Crippen MR) is 77.0 cm³/mol. The first-order valence-corrected chi connectivity index (χ1v) is 7.25. The number of carboxylic acids is 1. The Morgan fingerprint density at radius 1 is 1.33 bits per heavy atom. The maximum absolute atomic E-state index is 12.4. The summed E-state index contributed by atoms with van der Waals surface area (Å²) in [7, 11) is 0. The summed E-state index contributed by atoms with van der Waals surface area (Å²) < 4.78 is 5.77. The minimum absolute atomic E-state index is 0.0749. The number of hydrogen-bond donors (Lipinski definition) is 2. The highest BCUT2D eigenvalue weighted by molar-refractivity contribution is 6.01. The molecule has 1 aliphatic rings. The first-order chi connectivity index (χ1) is 9.97. The van der Waals surface area contributed by atoms with E-state index in [2.05, 4.69) is 0 Å². The summed E-state index contributed by atoms with van der Waals surface area (Å²) in [6.45, 7) is 1.91. The van der Waals surface area contributed by atoms with E-state index in [0.29, 0.717) is 23.3 Å². The number of carbonyl (C=O) groups excluding carboxylic acids is 1. The zero-order chi connectivity index (χ0) is 15.4. The van der Waals surface area contributed by atoms with Crippen molar-refractivity contribution >= 4 is 11.8 Å². The van der Waals surface area contributed by atoms with Gasteiger partial charge in [0.15, 0.2) is 5.78 Å². The van der Waals surface area contributed by atoms with Crippen molar-refractivity contribution in [3.8, 4) is 11.5 Å². The number of hydrogen-bond acceptors (Lipinski definition) is 4. The van der Waals surface area contributed by atoms with Gasteiger partial charge in [0, 0.05) is 12.5 Å². The number of Topliss-reactive ketones (excluding diaryl/α,β-unsaturated/α-hetero) is 1. The number of benzene rings is 1. The zero-order valence-electron chi connectivity index (χ0n) is 12.1. The molecule has 1 heterocycles. The minimum atomic E-state index is -1.04. The molecule has 1 aromatic carbocycles. The molecule has 1 aliphatic heterocycles. The summed E-state index contributed by atoms with van der Waals surface area (Å²) in [4.78, 5) is 23.4. The molecular weight excluding hydrogens is 272 g/mol. The lowest BCUT2D eigenvalue weighted by atomic mass is 9.95. The summed E-state index contributed by atoms with van der Waals surface area (Å²) in [5.74, 6) is -0.941. The van der Waals surface area contributed by atoms with Crippen LogP contribution in [-0.2, 0) is 11.2 Å². The fourth-order valence-corrected chi connectivity index (χ4v) is 2.66. The van der Waals surface area contributed by atoms with E-state index in [1.54, 1.807) is 0 Å². The molecule has 21 heavy (non-hydrogen) atoms. The molecule has 5 heteroatoms. The number of aromatic hydroxyl groups is 1. The molecule has 0 radical (unpaired) electrons. The van der Waals surface area contributed by atoms with Crippen LogP contribution in [0.5, 0.6) is 11.5 Å². The number of carbonyl (C=O) groups is 2. The van der Waals surface area contributed by atoms with Gasteiger partial charge in [0.25, 0.3) is 0 Å². The van der Waals surface area contributed by atoms with Crippen molar-refractivity contribution in [1.29, 1.82) is 0 Å². The summed E-state index contributed by atoms with van der Waals surface area (Å²) >= 11 is 0. The number of rotatable bonds is 2. The van der Waals surface area contributed by atoms with E-state index < -0.39 is 5.97 Å². The molecule has 1 unspecified atom stereocenters. The molecule has 0 saturated heterocycles. The molecule has 0 saturated carbocycles. The second-order valence-electron chi connectivity index (χ2n) is 5.50. The van der Waals surface area contributed by atoms with Crippen molar-refractivity contribution in [3.63, 3.8) is 0 Å². The van der Waals surface area contributed by atoms with Crippen LogP contribution in [0.3, 0.4) is 0 Å². The van der Waals surface area contributed by atoms with Crippen LogP contribution in [0.1, 0.15) is 54.9 Å². The maximum atomic E-state index is 12.4. The molecule has 5 nitrogen and oxygen atoms in total. The second-order valence-corrected chi connectivity index (χ2v) is 5.50. The van der Waals surface area contributed by atoms with Crippen molar-refractivity contribution in [2.45, 2.75) is 51.6 Å². The average Bonchev–Trinajstić information content (AvgIpc) is 2.36. The van der Waals surface area contributed by atoms with Gasteiger partial charge in [-0.2, -0.15) is 0 Å². The largest absolute Gasteiger partial charge is 0.508 e. The first kappa shape index (κ1) is 15.4. The van der Waals surface area contributed by atoms with E-state index >= 15 is 0 Å². The van der Waals surface area contributed by atoms with Gasteiger partial charge in [-0.25, -0.2) is 0 Å².